The van der Waals surface area contributed by atoms with Crippen LogP contribution < -0.4 is 9.80 Å². The van der Waals surface area contributed by atoms with Gasteiger partial charge < -0.3 is 19.6 Å². The normalized spacial score (nSPS) is 48.4. The average Bonchev–Trinajstić information content (AvgIpc) is 2.94. The van der Waals surface area contributed by atoms with Crippen LogP contribution in [0.25, 0.3) is 0 Å². The van der Waals surface area contributed by atoms with Crippen LogP contribution in [0.1, 0.15) is 40.0 Å². The highest BCUT2D eigenvalue weighted by atomic mass is 16.6. The number of quaternary nitrogens is 2. The molecule has 0 bridgehead atoms. The lowest BCUT2D eigenvalue weighted by atomic mass is 9.55. The second-order valence-electron chi connectivity index (χ2n) is 9.36. The Balaban J connectivity index is 1.52. The highest BCUT2D eigenvalue weighted by molar-refractivity contribution is 5.76. The summed E-state index contributed by atoms with van der Waals surface area (Å²) in [5, 5.41) is 11.4. The number of allylic oxidation sites excluding steroid dienone is 1. The van der Waals surface area contributed by atoms with Crippen LogP contribution in [-0.4, -0.2) is 62.6 Å². The molecule has 0 spiro atoms. The van der Waals surface area contributed by atoms with Gasteiger partial charge in [0.15, 0.2) is 0 Å². The Hall–Kier alpha value is -0.910. The number of piperazine rings is 1. The molecule has 3 N–H and O–H groups in total. The molecule has 0 unspecified atom stereocenters. The molecular formula is C21H36N2O3+2. The first-order valence-electron chi connectivity index (χ1n) is 10.7. The summed E-state index contributed by atoms with van der Waals surface area (Å²) in [6.07, 6.45) is 4.75. The predicted octanol–water partition coefficient (Wildman–Crippen LogP) is -0.925. The van der Waals surface area contributed by atoms with E-state index in [2.05, 4.69) is 26.8 Å². The van der Waals surface area contributed by atoms with Crippen molar-refractivity contribution < 1.29 is 24.4 Å². The lowest BCUT2D eigenvalue weighted by Gasteiger charge is -2.51. The van der Waals surface area contributed by atoms with Crippen LogP contribution >= 0.6 is 0 Å². The van der Waals surface area contributed by atoms with Crippen LogP contribution in [0, 0.1) is 23.2 Å². The van der Waals surface area contributed by atoms with Crippen molar-refractivity contribution in [3.63, 3.8) is 0 Å². The molecule has 0 aromatic heterocycles. The SMILES string of the molecule is CC[NH+]1CC[NH+](C[C@@H]2C(=O)O[C@H]3CC4=CCC[C@@H](C)[C@]4(C)[C@@H](O)[C@@H]32)CC1. The third kappa shape index (κ3) is 2.83. The zero-order chi connectivity index (χ0) is 18.5. The molecule has 6 atom stereocenters. The number of aliphatic hydroxyl groups is 1. The van der Waals surface area contributed by atoms with Crippen molar-refractivity contribution in [2.24, 2.45) is 23.2 Å². The Labute approximate surface area is 157 Å². The Kier molecular flexibility index (Phi) is 4.91. The van der Waals surface area contributed by atoms with E-state index in [0.717, 1.165) is 38.9 Å². The summed E-state index contributed by atoms with van der Waals surface area (Å²) < 4.78 is 5.80. The molecule has 26 heavy (non-hydrogen) atoms. The number of hydrogen-bond donors (Lipinski definition) is 3. The van der Waals surface area contributed by atoms with Crippen LogP contribution in [-0.2, 0) is 9.53 Å². The highest BCUT2D eigenvalue weighted by Crippen LogP contribution is 2.55. The molecular weight excluding hydrogens is 328 g/mol. The van der Waals surface area contributed by atoms with Gasteiger partial charge in [0.05, 0.1) is 19.2 Å². The van der Waals surface area contributed by atoms with E-state index in [9.17, 15) is 9.90 Å². The number of aliphatic hydroxyl groups excluding tert-OH is 1. The number of carbonyl (C=O) groups excluding carboxylic acids is 1. The maximum absolute atomic E-state index is 12.7. The molecule has 4 rings (SSSR count). The van der Waals surface area contributed by atoms with Crippen LogP contribution in [0.5, 0.6) is 0 Å². The number of carbonyl (C=O) groups is 1. The van der Waals surface area contributed by atoms with Gasteiger partial charge >= 0.3 is 5.97 Å². The number of esters is 1. The molecule has 2 heterocycles. The minimum absolute atomic E-state index is 0.0331. The van der Waals surface area contributed by atoms with Crippen molar-refractivity contribution in [1.82, 2.24) is 0 Å². The Morgan fingerprint density at radius 1 is 1.27 bits per heavy atom. The smallest absolute Gasteiger partial charge is 0.315 e. The largest absolute Gasteiger partial charge is 0.461 e. The molecule has 3 fully saturated rings. The van der Waals surface area contributed by atoms with Crippen LogP contribution in [0.4, 0.5) is 0 Å². The van der Waals surface area contributed by atoms with Crippen LogP contribution in [0.15, 0.2) is 11.6 Å². The maximum atomic E-state index is 12.7. The molecule has 2 aliphatic carbocycles. The number of nitrogens with one attached hydrogen (secondary N) is 2. The fraction of sp³-hybridized carbons (Fsp3) is 0.857. The highest BCUT2D eigenvalue weighted by Gasteiger charge is 2.60. The lowest BCUT2D eigenvalue weighted by molar-refractivity contribution is -1.01. The van der Waals surface area contributed by atoms with E-state index in [1.807, 2.05) is 0 Å². The van der Waals surface area contributed by atoms with Gasteiger partial charge in [-0.15, -0.1) is 0 Å². The molecule has 5 nitrogen and oxygen atoms in total. The molecule has 146 valence electrons. The summed E-state index contributed by atoms with van der Waals surface area (Å²) in [5.74, 6) is 0.223. The molecule has 0 amide bonds. The molecule has 2 saturated heterocycles. The summed E-state index contributed by atoms with van der Waals surface area (Å²) >= 11 is 0. The van der Waals surface area contributed by atoms with Gasteiger partial charge in [-0.05, 0) is 25.7 Å². The van der Waals surface area contributed by atoms with Gasteiger partial charge in [0, 0.05) is 17.8 Å². The predicted molar refractivity (Wildman–Crippen MR) is 98.9 cm³/mol. The molecule has 5 heteroatoms. The Morgan fingerprint density at radius 3 is 2.65 bits per heavy atom. The van der Waals surface area contributed by atoms with Gasteiger partial charge in [-0.2, -0.15) is 0 Å². The molecule has 0 aromatic rings. The number of rotatable bonds is 3. The molecule has 0 radical (unpaired) electrons. The van der Waals surface area contributed by atoms with Crippen LogP contribution in [0.3, 0.4) is 0 Å². The molecule has 1 saturated carbocycles. The van der Waals surface area contributed by atoms with E-state index in [-0.39, 0.29) is 29.3 Å². The first-order valence-corrected chi connectivity index (χ1v) is 10.7. The van der Waals surface area contributed by atoms with Crippen molar-refractivity contribution in [3.8, 4) is 0 Å². The Morgan fingerprint density at radius 2 is 1.96 bits per heavy atom. The van der Waals surface area contributed by atoms with Crippen LogP contribution in [0.2, 0.25) is 0 Å². The van der Waals surface area contributed by atoms with Crippen molar-refractivity contribution in [2.75, 3.05) is 39.3 Å². The molecule has 2 aliphatic heterocycles. The van der Waals surface area contributed by atoms with Crippen molar-refractivity contribution in [3.05, 3.63) is 11.6 Å². The topological polar surface area (TPSA) is 55.4 Å². The van der Waals surface area contributed by atoms with Gasteiger partial charge in [-0.3, -0.25) is 4.79 Å². The lowest BCUT2D eigenvalue weighted by Crippen LogP contribution is -3.28. The average molecular weight is 365 g/mol. The zero-order valence-corrected chi connectivity index (χ0v) is 16.6. The monoisotopic (exact) mass is 364 g/mol. The number of fused-ring (bicyclic) bond motifs is 2. The first kappa shape index (κ1) is 18.5. The third-order valence-electron chi connectivity index (χ3n) is 8.24. The minimum Gasteiger partial charge on any atom is -0.461 e. The first-order chi connectivity index (χ1) is 12.4. The summed E-state index contributed by atoms with van der Waals surface area (Å²) in [4.78, 5) is 15.9. The fourth-order valence-electron chi connectivity index (χ4n) is 6.12. The van der Waals surface area contributed by atoms with E-state index < -0.39 is 6.10 Å². The molecule has 0 aromatic carbocycles. The minimum atomic E-state index is -0.471. The second-order valence-corrected chi connectivity index (χ2v) is 9.36. The van der Waals surface area contributed by atoms with Crippen molar-refractivity contribution in [2.45, 2.75) is 52.2 Å². The van der Waals surface area contributed by atoms with E-state index in [0.29, 0.717) is 5.92 Å². The van der Waals surface area contributed by atoms with E-state index in [1.165, 1.54) is 30.1 Å². The third-order valence-corrected chi connectivity index (χ3v) is 8.24. The van der Waals surface area contributed by atoms with Crippen molar-refractivity contribution in [1.29, 1.82) is 0 Å². The zero-order valence-electron chi connectivity index (χ0n) is 16.6. The Bertz CT molecular complexity index is 584. The molecule has 4 aliphatic rings. The van der Waals surface area contributed by atoms with E-state index >= 15 is 0 Å². The van der Waals surface area contributed by atoms with Gasteiger partial charge in [-0.25, -0.2) is 0 Å². The summed E-state index contributed by atoms with van der Waals surface area (Å²) in [6, 6.07) is 0. The number of ether oxygens (including phenoxy) is 1. The van der Waals surface area contributed by atoms with Crippen molar-refractivity contribution >= 4 is 5.97 Å². The maximum Gasteiger partial charge on any atom is 0.315 e. The second kappa shape index (κ2) is 6.92. The quantitative estimate of drug-likeness (QED) is 0.448. The number of likely N-dealkylation sites (N-methyl/N-ethyl adjacent to an activating group) is 1. The van der Waals surface area contributed by atoms with E-state index in [1.54, 1.807) is 4.90 Å². The van der Waals surface area contributed by atoms with Gasteiger partial charge in [0.1, 0.15) is 38.2 Å². The van der Waals surface area contributed by atoms with E-state index in [4.69, 9.17) is 4.74 Å². The summed E-state index contributed by atoms with van der Waals surface area (Å²) in [5.41, 5.74) is 1.14. The van der Waals surface area contributed by atoms with Gasteiger partial charge in [-0.1, -0.05) is 25.5 Å². The standard InChI is InChI=1S/C21H34N2O3/c1-4-22-8-10-23(11-9-22)13-16-18-17(26-20(16)25)12-15-7-5-6-14(2)21(15,3)19(18)24/h7,14,16-19,24H,4-6,8-13H2,1-3H3/p+2/t14-,16+,17+,18-,19+,21+/m1/s1. The summed E-state index contributed by atoms with van der Waals surface area (Å²) in [7, 11) is 0. The summed E-state index contributed by atoms with van der Waals surface area (Å²) in [6.45, 7) is 13.4. The van der Waals surface area contributed by atoms with Gasteiger partial charge in [0.25, 0.3) is 0 Å². The number of hydrogen-bond acceptors (Lipinski definition) is 3. The fourth-order valence-corrected chi connectivity index (χ4v) is 6.12. The van der Waals surface area contributed by atoms with Gasteiger partial charge in [0.2, 0.25) is 0 Å².